The molecule has 0 aromatic rings. The first-order chi connectivity index (χ1) is 10.5. The van der Waals surface area contributed by atoms with E-state index in [-0.39, 0.29) is 5.92 Å². The molecule has 1 N–H and O–H groups in total. The molecule has 1 fully saturated rings. The molecule has 0 spiro atoms. The number of hydrogen-bond donors (Lipinski definition) is 1. The first-order valence-electron chi connectivity index (χ1n) is 7.36. The Morgan fingerprint density at radius 3 is 2.73 bits per heavy atom. The van der Waals surface area contributed by atoms with E-state index in [1.165, 1.54) is 13.2 Å². The minimum atomic E-state index is -0.402. The lowest BCUT2D eigenvalue weighted by Gasteiger charge is -2.13. The lowest BCUT2D eigenvalue weighted by molar-refractivity contribution is -0.135. The summed E-state index contributed by atoms with van der Waals surface area (Å²) >= 11 is 1.83. The van der Waals surface area contributed by atoms with Gasteiger partial charge in [0.1, 0.15) is 5.76 Å². The first-order valence-corrected chi connectivity index (χ1v) is 8.30. The van der Waals surface area contributed by atoms with Gasteiger partial charge in [0.25, 0.3) is 0 Å². The molecule has 0 aliphatic carbocycles. The van der Waals surface area contributed by atoms with E-state index in [2.05, 4.69) is 22.0 Å². The van der Waals surface area contributed by atoms with E-state index in [1.54, 1.807) is 7.11 Å². The number of hydrogen-bond acceptors (Lipinski definition) is 6. The minimum absolute atomic E-state index is 0.114. The molecule has 1 saturated heterocycles. The molecule has 1 heterocycles. The average Bonchev–Trinajstić information content (AvgIpc) is 3.00. The zero-order valence-electron chi connectivity index (χ0n) is 13.6. The van der Waals surface area contributed by atoms with Gasteiger partial charge in [0.15, 0.2) is 0 Å². The van der Waals surface area contributed by atoms with Crippen molar-refractivity contribution < 1.29 is 19.5 Å². The number of nitrogens with zero attached hydrogens (tertiary/aromatic N) is 1. The highest BCUT2D eigenvalue weighted by atomic mass is 32.2. The van der Waals surface area contributed by atoms with Crippen LogP contribution in [0.1, 0.15) is 33.1 Å². The van der Waals surface area contributed by atoms with Crippen molar-refractivity contribution in [3.63, 3.8) is 0 Å². The fraction of sp³-hybridized carbons (Fsp3) is 0.625. The predicted octanol–water partition coefficient (Wildman–Crippen LogP) is 3.39. The van der Waals surface area contributed by atoms with E-state index in [9.17, 15) is 4.79 Å². The summed E-state index contributed by atoms with van der Waals surface area (Å²) in [6, 6.07) is 0. The standard InChI is InChI=1S/C16H25NO4S/c1-11(14(20-3)10-16(18)21-4)6-5-7-13-8-9-15(22-13)12(2)17-19/h5,7,10-11,13,15,19H,6,8-9H2,1-4H3/b7-5+,14-10+,17-12-. The lowest BCUT2D eigenvalue weighted by atomic mass is 10.0. The second-order valence-electron chi connectivity index (χ2n) is 5.32. The average molecular weight is 327 g/mol. The lowest BCUT2D eigenvalue weighted by Crippen LogP contribution is -2.09. The first kappa shape index (κ1) is 18.6. The van der Waals surface area contributed by atoms with E-state index < -0.39 is 5.97 Å². The maximum absolute atomic E-state index is 11.3. The summed E-state index contributed by atoms with van der Waals surface area (Å²) in [6.45, 7) is 3.87. The van der Waals surface area contributed by atoms with Crippen LogP contribution in [0, 0.1) is 5.92 Å². The van der Waals surface area contributed by atoms with Crippen LogP contribution in [0.25, 0.3) is 0 Å². The van der Waals surface area contributed by atoms with E-state index >= 15 is 0 Å². The summed E-state index contributed by atoms with van der Waals surface area (Å²) in [6.07, 6.45) is 8.63. The number of ether oxygens (including phenoxy) is 2. The zero-order valence-corrected chi connectivity index (χ0v) is 14.4. The molecule has 0 aromatic carbocycles. The number of thioether (sulfide) groups is 1. The number of allylic oxidation sites excluding steroid dienone is 2. The van der Waals surface area contributed by atoms with Crippen molar-refractivity contribution in [2.24, 2.45) is 11.1 Å². The molecule has 1 aliphatic heterocycles. The van der Waals surface area contributed by atoms with Gasteiger partial charge < -0.3 is 14.7 Å². The molecule has 5 nitrogen and oxygen atoms in total. The molecule has 1 rings (SSSR count). The molecule has 0 saturated carbocycles. The van der Waals surface area contributed by atoms with E-state index in [4.69, 9.17) is 9.94 Å². The van der Waals surface area contributed by atoms with Crippen LogP contribution in [0.2, 0.25) is 0 Å². The summed E-state index contributed by atoms with van der Waals surface area (Å²) in [7, 11) is 2.91. The number of carbonyl (C=O) groups is 1. The summed E-state index contributed by atoms with van der Waals surface area (Å²) in [5.41, 5.74) is 0.789. The van der Waals surface area contributed by atoms with Crippen molar-refractivity contribution >= 4 is 23.4 Å². The third-order valence-corrected chi connectivity index (χ3v) is 5.35. The van der Waals surface area contributed by atoms with Gasteiger partial charge in [-0.2, -0.15) is 0 Å². The van der Waals surface area contributed by atoms with Gasteiger partial charge in [-0.1, -0.05) is 24.2 Å². The Labute approximate surface area is 136 Å². The monoisotopic (exact) mass is 327 g/mol. The molecule has 0 bridgehead atoms. The topological polar surface area (TPSA) is 68.1 Å². The van der Waals surface area contributed by atoms with Crippen LogP contribution >= 0.6 is 11.8 Å². The van der Waals surface area contributed by atoms with Crippen LogP contribution in [0.3, 0.4) is 0 Å². The Hall–Kier alpha value is -1.43. The van der Waals surface area contributed by atoms with Gasteiger partial charge in [0.2, 0.25) is 0 Å². The number of rotatable bonds is 7. The Morgan fingerprint density at radius 1 is 1.41 bits per heavy atom. The van der Waals surface area contributed by atoms with Crippen molar-refractivity contribution in [3.8, 4) is 0 Å². The molecule has 0 radical (unpaired) electrons. The van der Waals surface area contributed by atoms with Gasteiger partial charge in [-0.3, -0.25) is 0 Å². The van der Waals surface area contributed by atoms with Crippen molar-refractivity contribution in [1.82, 2.24) is 0 Å². The van der Waals surface area contributed by atoms with Gasteiger partial charge in [0, 0.05) is 16.4 Å². The molecule has 124 valence electrons. The molecule has 0 aromatic heterocycles. The summed E-state index contributed by atoms with van der Waals surface area (Å²) in [5.74, 6) is 0.334. The molecule has 22 heavy (non-hydrogen) atoms. The highest BCUT2D eigenvalue weighted by Gasteiger charge is 2.25. The summed E-state index contributed by atoms with van der Waals surface area (Å²) in [5, 5.41) is 12.9. The normalized spacial score (nSPS) is 24.5. The Bertz CT molecular complexity index is 459. The van der Waals surface area contributed by atoms with Gasteiger partial charge in [-0.05, 0) is 26.2 Å². The van der Waals surface area contributed by atoms with Crippen LogP contribution in [0.4, 0.5) is 0 Å². The summed E-state index contributed by atoms with van der Waals surface area (Å²) < 4.78 is 9.86. The number of esters is 1. The Kier molecular flexibility index (Phi) is 8.09. The van der Waals surface area contributed by atoms with Crippen molar-refractivity contribution in [3.05, 3.63) is 24.0 Å². The van der Waals surface area contributed by atoms with Gasteiger partial charge in [-0.15, -0.1) is 11.8 Å². The molecular formula is C16H25NO4S. The van der Waals surface area contributed by atoms with Crippen LogP contribution in [0.15, 0.2) is 29.1 Å². The van der Waals surface area contributed by atoms with Gasteiger partial charge in [-0.25, -0.2) is 4.79 Å². The summed E-state index contributed by atoms with van der Waals surface area (Å²) in [4.78, 5) is 11.3. The number of methoxy groups -OCH3 is 2. The SMILES string of the molecule is COC(=O)/C=C(/OC)C(C)C/C=C/C1CCC(/C(C)=N\O)S1. The van der Waals surface area contributed by atoms with E-state index in [1.807, 2.05) is 25.6 Å². The van der Waals surface area contributed by atoms with Crippen molar-refractivity contribution in [1.29, 1.82) is 0 Å². The van der Waals surface area contributed by atoms with E-state index in [0.29, 0.717) is 16.3 Å². The van der Waals surface area contributed by atoms with E-state index in [0.717, 1.165) is 25.0 Å². The van der Waals surface area contributed by atoms with Gasteiger partial charge >= 0.3 is 5.97 Å². The van der Waals surface area contributed by atoms with Gasteiger partial charge in [0.05, 0.1) is 26.0 Å². The molecule has 6 heteroatoms. The molecular weight excluding hydrogens is 302 g/mol. The Balaban J connectivity index is 2.48. The molecule has 0 amide bonds. The predicted molar refractivity (Wildman–Crippen MR) is 89.3 cm³/mol. The molecule has 1 aliphatic rings. The minimum Gasteiger partial charge on any atom is -0.501 e. The van der Waals surface area contributed by atoms with Crippen molar-refractivity contribution in [2.75, 3.05) is 14.2 Å². The maximum Gasteiger partial charge on any atom is 0.333 e. The quantitative estimate of drug-likeness (QED) is 0.148. The van der Waals surface area contributed by atoms with Crippen LogP contribution in [0.5, 0.6) is 0 Å². The third kappa shape index (κ3) is 5.75. The fourth-order valence-electron chi connectivity index (χ4n) is 2.30. The second kappa shape index (κ2) is 9.56. The third-order valence-electron chi connectivity index (χ3n) is 3.70. The second-order valence-corrected chi connectivity index (χ2v) is 6.77. The zero-order chi connectivity index (χ0) is 16.5. The molecule has 3 unspecified atom stereocenters. The number of oxime groups is 1. The highest BCUT2D eigenvalue weighted by molar-refractivity contribution is 8.01. The van der Waals surface area contributed by atoms with Crippen molar-refractivity contribution in [2.45, 2.75) is 43.6 Å². The van der Waals surface area contributed by atoms with Crippen LogP contribution < -0.4 is 0 Å². The maximum atomic E-state index is 11.3. The smallest absolute Gasteiger partial charge is 0.333 e. The highest BCUT2D eigenvalue weighted by Crippen LogP contribution is 2.35. The molecule has 3 atom stereocenters. The van der Waals surface area contributed by atoms with Crippen LogP contribution in [-0.2, 0) is 14.3 Å². The fourth-order valence-corrected chi connectivity index (χ4v) is 3.72. The van der Waals surface area contributed by atoms with Crippen LogP contribution in [-0.4, -0.2) is 41.6 Å². The number of carbonyl (C=O) groups excluding carboxylic acids is 1. The Morgan fingerprint density at radius 2 is 2.14 bits per heavy atom. The largest absolute Gasteiger partial charge is 0.501 e.